The predicted octanol–water partition coefficient (Wildman–Crippen LogP) is 4.65. The van der Waals surface area contributed by atoms with E-state index < -0.39 is 5.56 Å². The quantitative estimate of drug-likeness (QED) is 0.347. The van der Waals surface area contributed by atoms with Crippen molar-refractivity contribution in [1.82, 2.24) is 20.0 Å². The average molecular weight is 572 g/mol. The van der Waals surface area contributed by atoms with Crippen molar-refractivity contribution in [2.24, 2.45) is 0 Å². The third-order valence-electron chi connectivity index (χ3n) is 6.93. The number of ether oxygens (including phenoxy) is 1. The molecule has 0 bridgehead atoms. The van der Waals surface area contributed by atoms with E-state index >= 15 is 0 Å². The zero-order valence-electron chi connectivity index (χ0n) is 22.8. The summed E-state index contributed by atoms with van der Waals surface area (Å²) in [5, 5.41) is 7.80. The Morgan fingerprint density at radius 3 is 2.29 bits per heavy atom. The minimum Gasteiger partial charge on any atom is -0.449 e. The number of nitrogens with one attached hydrogen (secondary N) is 1. The number of anilines is 1. The monoisotopic (exact) mass is 571 g/mol. The van der Waals surface area contributed by atoms with Gasteiger partial charge in [-0.1, -0.05) is 41.9 Å². The molecule has 5 rings (SSSR count). The third-order valence-corrected chi connectivity index (χ3v) is 7.18. The van der Waals surface area contributed by atoms with Crippen LogP contribution in [0.15, 0.2) is 83.8 Å². The number of benzene rings is 3. The minimum atomic E-state index is -0.409. The van der Waals surface area contributed by atoms with Gasteiger partial charge in [0.05, 0.1) is 11.9 Å². The molecule has 1 N–H and O–H groups in total. The smallest absolute Gasteiger partial charge is 0.316 e. The molecule has 2 amide bonds. The third kappa shape index (κ3) is 6.58. The van der Waals surface area contributed by atoms with Crippen LogP contribution in [-0.4, -0.2) is 52.7 Å². The van der Waals surface area contributed by atoms with Crippen LogP contribution < -0.4 is 20.5 Å². The summed E-state index contributed by atoms with van der Waals surface area (Å²) in [5.41, 5.74) is 3.68. The van der Waals surface area contributed by atoms with Gasteiger partial charge in [0.1, 0.15) is 11.4 Å². The molecule has 4 aromatic rings. The average Bonchev–Trinajstić information content (AvgIpc) is 2.98. The van der Waals surface area contributed by atoms with Crippen molar-refractivity contribution in [3.63, 3.8) is 0 Å². The molecule has 1 aromatic heterocycles. The molecule has 0 unspecified atom stereocenters. The molecule has 1 fully saturated rings. The van der Waals surface area contributed by atoms with Gasteiger partial charge in [0.2, 0.25) is 17.6 Å². The standard InChI is InChI=1S/C31H30ClN5O4/c1-21(38)33-19-23-4-3-5-25(18-23)24-6-12-28(13-7-24)41-30-29(36-16-14-35(15-17-36)22(2)39)20-34-37(31(30)40)27-10-8-26(32)9-11-27/h3-13,18,20H,14-17,19H2,1-2H3,(H,33,38). The van der Waals surface area contributed by atoms with E-state index in [1.165, 1.54) is 11.6 Å². The van der Waals surface area contributed by atoms with Gasteiger partial charge >= 0.3 is 5.56 Å². The van der Waals surface area contributed by atoms with Crippen LogP contribution in [-0.2, 0) is 16.1 Å². The summed E-state index contributed by atoms with van der Waals surface area (Å²) in [6.07, 6.45) is 1.63. The minimum absolute atomic E-state index is 0.0261. The first-order valence-corrected chi connectivity index (χ1v) is 13.7. The van der Waals surface area contributed by atoms with Crippen LogP contribution in [0, 0.1) is 0 Å². The number of halogens is 1. The fourth-order valence-electron chi connectivity index (χ4n) is 4.70. The van der Waals surface area contributed by atoms with Gasteiger partial charge in [0.25, 0.3) is 0 Å². The van der Waals surface area contributed by atoms with Crippen molar-refractivity contribution >= 4 is 29.1 Å². The van der Waals surface area contributed by atoms with Crippen LogP contribution in [0.2, 0.25) is 5.02 Å². The first-order valence-electron chi connectivity index (χ1n) is 13.3. The molecule has 0 spiro atoms. The summed E-state index contributed by atoms with van der Waals surface area (Å²) >= 11 is 6.05. The Kier molecular flexibility index (Phi) is 8.35. The van der Waals surface area contributed by atoms with E-state index in [9.17, 15) is 14.4 Å². The van der Waals surface area contributed by atoms with Crippen molar-refractivity contribution in [2.75, 3.05) is 31.1 Å². The van der Waals surface area contributed by atoms with Gasteiger partial charge in [-0.25, -0.2) is 0 Å². The van der Waals surface area contributed by atoms with Crippen molar-refractivity contribution in [2.45, 2.75) is 20.4 Å². The topological polar surface area (TPSA) is 96.8 Å². The summed E-state index contributed by atoms with van der Waals surface area (Å²) in [6, 6.07) is 22.3. The van der Waals surface area contributed by atoms with Gasteiger partial charge in [-0.2, -0.15) is 9.78 Å². The fraction of sp³-hybridized carbons (Fsp3) is 0.226. The Morgan fingerprint density at radius 1 is 0.927 bits per heavy atom. The van der Waals surface area contributed by atoms with E-state index in [1.54, 1.807) is 42.3 Å². The summed E-state index contributed by atoms with van der Waals surface area (Å²) in [7, 11) is 0. The Labute approximate surface area is 242 Å². The molecule has 9 nitrogen and oxygen atoms in total. The molecule has 10 heteroatoms. The van der Waals surface area contributed by atoms with Crippen LogP contribution in [0.1, 0.15) is 19.4 Å². The number of carbonyl (C=O) groups is 2. The number of hydrogen-bond donors (Lipinski definition) is 1. The van der Waals surface area contributed by atoms with Crippen molar-refractivity contribution < 1.29 is 14.3 Å². The molecule has 1 saturated heterocycles. The maximum absolute atomic E-state index is 13.8. The second-order valence-corrected chi connectivity index (χ2v) is 10.2. The first-order chi connectivity index (χ1) is 19.8. The highest BCUT2D eigenvalue weighted by Gasteiger charge is 2.25. The lowest BCUT2D eigenvalue weighted by molar-refractivity contribution is -0.129. The largest absolute Gasteiger partial charge is 0.449 e. The van der Waals surface area contributed by atoms with Crippen molar-refractivity contribution in [3.8, 4) is 28.3 Å². The van der Waals surface area contributed by atoms with Crippen LogP contribution in [0.5, 0.6) is 11.5 Å². The molecule has 0 saturated carbocycles. The van der Waals surface area contributed by atoms with Gasteiger partial charge < -0.3 is 19.9 Å². The second-order valence-electron chi connectivity index (χ2n) is 9.78. The number of nitrogens with zero attached hydrogens (tertiary/aromatic N) is 4. The Hall–Kier alpha value is -4.63. The molecule has 1 aliphatic heterocycles. The predicted molar refractivity (Wildman–Crippen MR) is 159 cm³/mol. The number of aromatic nitrogens is 2. The lowest BCUT2D eigenvalue weighted by atomic mass is 10.0. The number of carbonyl (C=O) groups excluding carboxylic acids is 2. The molecule has 41 heavy (non-hydrogen) atoms. The molecule has 0 aliphatic carbocycles. The molecular formula is C31H30ClN5O4. The van der Waals surface area contributed by atoms with E-state index in [4.69, 9.17) is 16.3 Å². The zero-order chi connectivity index (χ0) is 28.9. The number of amides is 2. The highest BCUT2D eigenvalue weighted by atomic mass is 35.5. The molecule has 2 heterocycles. The van der Waals surface area contributed by atoms with Crippen LogP contribution in [0.3, 0.4) is 0 Å². The van der Waals surface area contributed by atoms with E-state index in [-0.39, 0.29) is 17.6 Å². The fourth-order valence-corrected chi connectivity index (χ4v) is 4.83. The number of hydrogen-bond acceptors (Lipinski definition) is 6. The molecule has 1 aliphatic rings. The summed E-state index contributed by atoms with van der Waals surface area (Å²) in [4.78, 5) is 40.7. The van der Waals surface area contributed by atoms with E-state index in [1.807, 2.05) is 53.4 Å². The molecule has 0 radical (unpaired) electrons. The maximum atomic E-state index is 13.8. The molecule has 3 aromatic carbocycles. The van der Waals surface area contributed by atoms with Gasteiger partial charge in [-0.05, 0) is 59.2 Å². The Balaban J connectivity index is 1.45. The summed E-state index contributed by atoms with van der Waals surface area (Å²) in [6.45, 7) is 5.70. The molecule has 210 valence electrons. The highest BCUT2D eigenvalue weighted by Crippen LogP contribution is 2.31. The Morgan fingerprint density at radius 2 is 1.63 bits per heavy atom. The van der Waals surface area contributed by atoms with Gasteiger partial charge in [0.15, 0.2) is 0 Å². The first kappa shape index (κ1) is 27.9. The lowest BCUT2D eigenvalue weighted by Crippen LogP contribution is -2.48. The van der Waals surface area contributed by atoms with Gasteiger partial charge in [-0.3, -0.25) is 14.4 Å². The van der Waals surface area contributed by atoms with Crippen molar-refractivity contribution in [3.05, 3.63) is 99.9 Å². The highest BCUT2D eigenvalue weighted by molar-refractivity contribution is 6.30. The maximum Gasteiger partial charge on any atom is 0.316 e. The zero-order valence-corrected chi connectivity index (χ0v) is 23.6. The van der Waals surface area contributed by atoms with Gasteiger partial charge in [-0.15, -0.1) is 0 Å². The summed E-state index contributed by atoms with van der Waals surface area (Å²) in [5.74, 6) is 0.593. The lowest BCUT2D eigenvalue weighted by Gasteiger charge is -2.35. The normalized spacial score (nSPS) is 13.1. The van der Waals surface area contributed by atoms with Crippen LogP contribution in [0.4, 0.5) is 5.69 Å². The van der Waals surface area contributed by atoms with Crippen LogP contribution >= 0.6 is 11.6 Å². The Bertz CT molecular complexity index is 1610. The van der Waals surface area contributed by atoms with Gasteiger partial charge in [0, 0.05) is 51.6 Å². The van der Waals surface area contributed by atoms with Crippen molar-refractivity contribution in [1.29, 1.82) is 0 Å². The SMILES string of the molecule is CC(=O)NCc1cccc(-c2ccc(Oc3c(N4CCN(C(C)=O)CC4)cnn(-c4ccc(Cl)cc4)c3=O)cc2)c1. The number of rotatable bonds is 7. The molecular weight excluding hydrogens is 542 g/mol. The van der Waals surface area contributed by atoms with E-state index in [2.05, 4.69) is 10.4 Å². The van der Waals surface area contributed by atoms with E-state index in [0.717, 1.165) is 16.7 Å². The second kappa shape index (κ2) is 12.3. The van der Waals surface area contributed by atoms with Crippen LogP contribution in [0.25, 0.3) is 16.8 Å². The summed E-state index contributed by atoms with van der Waals surface area (Å²) < 4.78 is 7.55. The number of piperazine rings is 1. The molecule has 0 atom stereocenters. The van der Waals surface area contributed by atoms with E-state index in [0.29, 0.717) is 54.9 Å².